The van der Waals surface area contributed by atoms with Crippen molar-refractivity contribution < 1.29 is 0 Å². The van der Waals surface area contributed by atoms with Crippen molar-refractivity contribution in [3.05, 3.63) is 73.7 Å². The molecule has 0 atom stereocenters. The van der Waals surface area contributed by atoms with Gasteiger partial charge >= 0.3 is 0 Å². The average molecular weight is 430 g/mol. The van der Waals surface area contributed by atoms with E-state index in [2.05, 4.69) is 29.4 Å². The first-order valence-electron chi connectivity index (χ1n) is 9.23. The van der Waals surface area contributed by atoms with Crippen LogP contribution in [-0.4, -0.2) is 19.2 Å². The Hall–Kier alpha value is -2.41. The highest BCUT2D eigenvalue weighted by molar-refractivity contribution is 6.42. The van der Waals surface area contributed by atoms with Crippen LogP contribution in [0.15, 0.2) is 41.2 Å². The van der Waals surface area contributed by atoms with E-state index in [-0.39, 0.29) is 11.1 Å². The Morgan fingerprint density at radius 1 is 1.07 bits per heavy atom. The number of rotatable bonds is 4. The number of nitrogens with one attached hydrogen (secondary N) is 1. The van der Waals surface area contributed by atoms with Gasteiger partial charge in [0.1, 0.15) is 0 Å². The summed E-state index contributed by atoms with van der Waals surface area (Å²) in [5.74, 6) is 1.23. The maximum absolute atomic E-state index is 12.7. The van der Waals surface area contributed by atoms with Crippen LogP contribution in [0, 0.1) is 6.92 Å². The Kier molecular flexibility index (Phi) is 4.89. The van der Waals surface area contributed by atoms with Crippen LogP contribution in [0.2, 0.25) is 10.0 Å². The molecule has 0 fully saturated rings. The summed E-state index contributed by atoms with van der Waals surface area (Å²) < 4.78 is 3.45. The fourth-order valence-corrected chi connectivity index (χ4v) is 3.76. The van der Waals surface area contributed by atoms with E-state index >= 15 is 0 Å². The van der Waals surface area contributed by atoms with Crippen molar-refractivity contribution in [2.24, 2.45) is 7.05 Å². The first-order valence-corrected chi connectivity index (χ1v) is 9.98. The van der Waals surface area contributed by atoms with Gasteiger partial charge in [0.2, 0.25) is 5.78 Å². The lowest BCUT2D eigenvalue weighted by Crippen LogP contribution is -2.36. The molecule has 6 nitrogen and oxygen atoms in total. The van der Waals surface area contributed by atoms with E-state index in [0.29, 0.717) is 27.8 Å². The predicted molar refractivity (Wildman–Crippen MR) is 117 cm³/mol. The molecule has 150 valence electrons. The summed E-state index contributed by atoms with van der Waals surface area (Å²) in [6, 6.07) is 11.4. The number of aromatic nitrogens is 4. The predicted octanol–water partition coefficient (Wildman–Crippen LogP) is 4.22. The quantitative estimate of drug-likeness (QED) is 0.527. The summed E-state index contributed by atoms with van der Waals surface area (Å²) in [6.45, 7) is 6.55. The zero-order chi connectivity index (χ0) is 20.9. The molecule has 29 heavy (non-hydrogen) atoms. The van der Waals surface area contributed by atoms with Crippen molar-refractivity contribution >= 4 is 39.9 Å². The summed E-state index contributed by atoms with van der Waals surface area (Å²) >= 11 is 12.2. The molecule has 2 aromatic heterocycles. The zero-order valence-electron chi connectivity index (χ0n) is 16.6. The first kappa shape index (κ1) is 19.9. The Bertz CT molecular complexity index is 1310. The molecule has 0 aliphatic rings. The summed E-state index contributed by atoms with van der Waals surface area (Å²) in [5, 5.41) is 13.8. The number of fused-ring (bicyclic) bond motifs is 3. The van der Waals surface area contributed by atoms with Crippen molar-refractivity contribution in [1.82, 2.24) is 24.5 Å². The van der Waals surface area contributed by atoms with Crippen molar-refractivity contribution in [3.8, 4) is 0 Å². The van der Waals surface area contributed by atoms with Gasteiger partial charge in [0.15, 0.2) is 5.82 Å². The lowest BCUT2D eigenvalue weighted by atomic mass is 9.94. The van der Waals surface area contributed by atoms with Crippen LogP contribution in [0.5, 0.6) is 0 Å². The third kappa shape index (κ3) is 3.41. The normalized spacial score (nSPS) is 12.2. The monoisotopic (exact) mass is 429 g/mol. The molecule has 0 saturated carbocycles. The van der Waals surface area contributed by atoms with Gasteiger partial charge in [0.25, 0.3) is 5.56 Å². The molecule has 0 unspecified atom stereocenters. The molecule has 0 aliphatic heterocycles. The molecule has 0 amide bonds. The fraction of sp³-hybridized carbons (Fsp3) is 0.286. The molecule has 2 aromatic carbocycles. The van der Waals surface area contributed by atoms with Gasteiger partial charge in [-0.3, -0.25) is 13.8 Å². The van der Waals surface area contributed by atoms with Gasteiger partial charge in [-0.05, 0) is 50.6 Å². The zero-order valence-corrected chi connectivity index (χ0v) is 18.1. The maximum Gasteiger partial charge on any atom is 0.262 e. The molecule has 4 rings (SSSR count). The van der Waals surface area contributed by atoms with Crippen LogP contribution in [0.25, 0.3) is 16.7 Å². The molecule has 1 N–H and O–H groups in total. The van der Waals surface area contributed by atoms with E-state index in [1.807, 2.05) is 41.7 Å². The highest BCUT2D eigenvalue weighted by Crippen LogP contribution is 2.28. The summed E-state index contributed by atoms with van der Waals surface area (Å²) in [4.78, 5) is 12.7. The number of benzene rings is 2. The fourth-order valence-electron chi connectivity index (χ4n) is 3.46. The van der Waals surface area contributed by atoms with Crippen LogP contribution in [0.4, 0.5) is 0 Å². The third-order valence-corrected chi connectivity index (χ3v) is 6.01. The Morgan fingerprint density at radius 3 is 2.55 bits per heavy atom. The molecule has 0 spiro atoms. The van der Waals surface area contributed by atoms with E-state index < -0.39 is 0 Å². The van der Waals surface area contributed by atoms with Gasteiger partial charge in [-0.25, -0.2) is 0 Å². The molecule has 4 aromatic rings. The van der Waals surface area contributed by atoms with E-state index in [9.17, 15) is 4.79 Å². The highest BCUT2D eigenvalue weighted by atomic mass is 35.5. The van der Waals surface area contributed by atoms with E-state index in [1.165, 1.54) is 4.57 Å². The van der Waals surface area contributed by atoms with E-state index in [1.54, 1.807) is 13.1 Å². The first-order chi connectivity index (χ1) is 13.7. The molecule has 2 heterocycles. The number of hydrogen-bond acceptors (Lipinski definition) is 4. The second kappa shape index (κ2) is 7.13. The topological polar surface area (TPSA) is 64.2 Å². The SMILES string of the molecule is Cc1ccc2c(c1)c(=O)n(C)c1nnc(CNC(C)(C)c3ccc(Cl)c(Cl)c3)n21. The number of nitrogens with zero attached hydrogens (tertiary/aromatic N) is 4. The van der Waals surface area contributed by atoms with E-state index in [0.717, 1.165) is 22.5 Å². The standard InChI is InChI=1S/C21H21Cl2N5O/c1-12-5-8-17-14(9-12)19(29)27(4)20-26-25-18(28(17)20)11-24-21(2,3)13-6-7-15(22)16(23)10-13/h5-10,24H,11H2,1-4H3. The van der Waals surface area contributed by atoms with Crippen LogP contribution in [0.3, 0.4) is 0 Å². The van der Waals surface area contributed by atoms with Crippen LogP contribution in [0.1, 0.15) is 30.8 Å². The third-order valence-electron chi connectivity index (χ3n) is 5.27. The lowest BCUT2D eigenvalue weighted by molar-refractivity contribution is 0.394. The summed E-state index contributed by atoms with van der Waals surface area (Å²) in [5.41, 5.74) is 2.37. The minimum Gasteiger partial charge on any atom is -0.301 e. The van der Waals surface area contributed by atoms with Gasteiger partial charge in [0, 0.05) is 12.6 Å². The van der Waals surface area contributed by atoms with Crippen LogP contribution >= 0.6 is 23.2 Å². The minimum atomic E-state index is -0.382. The second-order valence-electron chi connectivity index (χ2n) is 7.74. The lowest BCUT2D eigenvalue weighted by Gasteiger charge is -2.27. The van der Waals surface area contributed by atoms with Crippen molar-refractivity contribution in [1.29, 1.82) is 0 Å². The smallest absolute Gasteiger partial charge is 0.262 e. The van der Waals surface area contributed by atoms with Crippen LogP contribution < -0.4 is 10.9 Å². The van der Waals surface area contributed by atoms with Crippen LogP contribution in [-0.2, 0) is 19.1 Å². The van der Waals surface area contributed by atoms with Gasteiger partial charge in [0.05, 0.1) is 27.5 Å². The van der Waals surface area contributed by atoms with Crippen molar-refractivity contribution in [2.45, 2.75) is 32.9 Å². The number of aryl methyl sites for hydroxylation is 2. The Morgan fingerprint density at radius 2 is 1.83 bits per heavy atom. The van der Waals surface area contributed by atoms with Gasteiger partial charge in [-0.2, -0.15) is 0 Å². The van der Waals surface area contributed by atoms with Gasteiger partial charge in [-0.15, -0.1) is 10.2 Å². The molecule has 8 heteroatoms. The number of hydrogen-bond donors (Lipinski definition) is 1. The molecular weight excluding hydrogens is 409 g/mol. The summed E-state index contributed by atoms with van der Waals surface area (Å²) in [7, 11) is 1.71. The molecular formula is C21H21Cl2N5O. The molecule has 0 radical (unpaired) electrons. The van der Waals surface area contributed by atoms with Crippen molar-refractivity contribution in [2.75, 3.05) is 0 Å². The minimum absolute atomic E-state index is 0.0840. The molecule has 0 bridgehead atoms. The Labute approximate surface area is 178 Å². The van der Waals surface area contributed by atoms with E-state index in [4.69, 9.17) is 23.2 Å². The Balaban J connectivity index is 1.76. The summed E-state index contributed by atoms with van der Waals surface area (Å²) in [6.07, 6.45) is 0. The average Bonchev–Trinajstić information content (AvgIpc) is 3.11. The van der Waals surface area contributed by atoms with Gasteiger partial charge in [-0.1, -0.05) is 40.9 Å². The largest absolute Gasteiger partial charge is 0.301 e. The molecule has 0 saturated heterocycles. The second-order valence-corrected chi connectivity index (χ2v) is 8.56. The van der Waals surface area contributed by atoms with Crippen molar-refractivity contribution in [3.63, 3.8) is 0 Å². The molecule has 0 aliphatic carbocycles. The maximum atomic E-state index is 12.7. The number of halogens is 2. The van der Waals surface area contributed by atoms with Gasteiger partial charge < -0.3 is 5.32 Å². The highest BCUT2D eigenvalue weighted by Gasteiger charge is 2.22.